The molecule has 5 rings (SSSR count). The number of aromatic nitrogens is 3. The maximum absolute atomic E-state index is 8.98. The Labute approximate surface area is 168 Å². The summed E-state index contributed by atoms with van der Waals surface area (Å²) in [5.74, 6) is 0.992. The predicted molar refractivity (Wildman–Crippen MR) is 109 cm³/mol. The number of piperidine rings is 1. The van der Waals surface area contributed by atoms with Gasteiger partial charge >= 0.3 is 0 Å². The van der Waals surface area contributed by atoms with Crippen molar-refractivity contribution >= 4 is 23.1 Å². The number of hydrogen-bond acceptors (Lipinski definition) is 5. The van der Waals surface area contributed by atoms with Crippen LogP contribution in [0.5, 0.6) is 0 Å². The number of hydrogen-bond donors (Lipinski definition) is 2. The standard InChI is InChI=1S/C21H21ClN6/c22-17-13-26-28-19(25-12-15-3-1-14(11-23)2-4-15)16-5-6-21(7-9-24-10-8-21)18(16)27-20(17)28/h1-4,13,24-25H,5-10,12H2. The monoisotopic (exact) mass is 392 g/mol. The molecule has 1 aliphatic carbocycles. The second-order valence-electron chi connectivity index (χ2n) is 7.71. The molecule has 1 fully saturated rings. The zero-order valence-electron chi connectivity index (χ0n) is 15.5. The average Bonchev–Trinajstić information content (AvgIpc) is 3.28. The molecule has 0 atom stereocenters. The van der Waals surface area contributed by atoms with Crippen molar-refractivity contribution < 1.29 is 0 Å². The van der Waals surface area contributed by atoms with Crippen LogP contribution in [0.2, 0.25) is 5.02 Å². The SMILES string of the molecule is N#Cc1ccc(CNc2c3c(nc4c(Cl)cnn24)C2(CCNCC2)CC3)cc1. The fourth-order valence-electron chi connectivity index (χ4n) is 4.61. The van der Waals surface area contributed by atoms with E-state index in [1.54, 1.807) is 6.20 Å². The zero-order valence-corrected chi connectivity index (χ0v) is 16.3. The minimum atomic E-state index is 0.154. The Morgan fingerprint density at radius 2 is 2.00 bits per heavy atom. The van der Waals surface area contributed by atoms with E-state index in [1.165, 1.54) is 11.3 Å². The summed E-state index contributed by atoms with van der Waals surface area (Å²) >= 11 is 6.41. The van der Waals surface area contributed by atoms with Gasteiger partial charge in [0.2, 0.25) is 0 Å². The van der Waals surface area contributed by atoms with Crippen LogP contribution in [-0.2, 0) is 18.4 Å². The molecule has 1 aromatic carbocycles. The average molecular weight is 393 g/mol. The first-order chi connectivity index (χ1) is 13.7. The van der Waals surface area contributed by atoms with Crippen LogP contribution in [0.4, 0.5) is 5.82 Å². The van der Waals surface area contributed by atoms with Gasteiger partial charge in [-0.2, -0.15) is 14.9 Å². The summed E-state index contributed by atoms with van der Waals surface area (Å²) in [5, 5.41) is 21.1. The van der Waals surface area contributed by atoms with E-state index in [0.29, 0.717) is 17.1 Å². The number of anilines is 1. The van der Waals surface area contributed by atoms with Crippen molar-refractivity contribution in [1.82, 2.24) is 19.9 Å². The Morgan fingerprint density at radius 3 is 2.75 bits per heavy atom. The normalized spacial score (nSPS) is 17.6. The summed E-state index contributed by atoms with van der Waals surface area (Å²) in [6.07, 6.45) is 6.04. The van der Waals surface area contributed by atoms with Gasteiger partial charge in [-0.05, 0) is 56.5 Å². The summed E-state index contributed by atoms with van der Waals surface area (Å²) in [5.41, 5.74) is 5.13. The maximum Gasteiger partial charge on any atom is 0.176 e. The smallest absolute Gasteiger partial charge is 0.176 e. The van der Waals surface area contributed by atoms with Gasteiger partial charge in [-0.3, -0.25) is 0 Å². The molecule has 0 saturated carbocycles. The molecule has 0 unspecified atom stereocenters. The van der Waals surface area contributed by atoms with Crippen LogP contribution >= 0.6 is 11.6 Å². The lowest BCUT2D eigenvalue weighted by molar-refractivity contribution is 0.301. The lowest BCUT2D eigenvalue weighted by Crippen LogP contribution is -2.39. The van der Waals surface area contributed by atoms with E-state index in [1.807, 2.05) is 28.8 Å². The molecule has 0 amide bonds. The largest absolute Gasteiger partial charge is 0.366 e. The van der Waals surface area contributed by atoms with Gasteiger partial charge in [0.15, 0.2) is 5.65 Å². The quantitative estimate of drug-likeness (QED) is 0.714. The summed E-state index contributed by atoms with van der Waals surface area (Å²) in [7, 11) is 0. The highest BCUT2D eigenvalue weighted by Gasteiger charge is 2.43. The molecule has 28 heavy (non-hydrogen) atoms. The van der Waals surface area contributed by atoms with E-state index in [9.17, 15) is 0 Å². The van der Waals surface area contributed by atoms with Crippen LogP contribution in [0.25, 0.3) is 5.65 Å². The number of nitriles is 1. The third-order valence-corrected chi connectivity index (χ3v) is 6.43. The lowest BCUT2D eigenvalue weighted by atomic mass is 9.77. The van der Waals surface area contributed by atoms with Crippen LogP contribution in [0.3, 0.4) is 0 Å². The van der Waals surface area contributed by atoms with Gasteiger partial charge in [-0.1, -0.05) is 23.7 Å². The Bertz CT molecular complexity index is 1070. The Kier molecular flexibility index (Phi) is 4.22. The highest BCUT2D eigenvalue weighted by molar-refractivity contribution is 6.33. The minimum Gasteiger partial charge on any atom is -0.366 e. The second-order valence-corrected chi connectivity index (χ2v) is 8.12. The first-order valence-corrected chi connectivity index (χ1v) is 10.1. The van der Waals surface area contributed by atoms with Gasteiger partial charge in [-0.25, -0.2) is 4.98 Å². The number of halogens is 1. The van der Waals surface area contributed by atoms with E-state index in [-0.39, 0.29) is 5.41 Å². The van der Waals surface area contributed by atoms with Gasteiger partial charge in [0, 0.05) is 17.5 Å². The zero-order chi connectivity index (χ0) is 19.1. The van der Waals surface area contributed by atoms with Crippen molar-refractivity contribution in [1.29, 1.82) is 5.26 Å². The molecule has 1 aliphatic heterocycles. The first kappa shape index (κ1) is 17.5. The van der Waals surface area contributed by atoms with Crippen LogP contribution in [0.1, 0.15) is 41.6 Å². The van der Waals surface area contributed by atoms with Gasteiger partial charge in [0.1, 0.15) is 10.8 Å². The molecule has 0 bridgehead atoms. The molecule has 142 valence electrons. The van der Waals surface area contributed by atoms with E-state index >= 15 is 0 Å². The molecule has 1 saturated heterocycles. The highest BCUT2D eigenvalue weighted by atomic mass is 35.5. The van der Waals surface area contributed by atoms with Crippen LogP contribution in [0.15, 0.2) is 30.5 Å². The molecule has 1 spiro atoms. The van der Waals surface area contributed by atoms with Crippen molar-refractivity contribution in [3.8, 4) is 6.07 Å². The highest BCUT2D eigenvalue weighted by Crippen LogP contribution is 2.46. The van der Waals surface area contributed by atoms with E-state index < -0.39 is 0 Å². The number of nitrogens with zero attached hydrogens (tertiary/aromatic N) is 4. The fraction of sp³-hybridized carbons (Fsp3) is 0.381. The van der Waals surface area contributed by atoms with Crippen molar-refractivity contribution in [2.24, 2.45) is 0 Å². The fourth-order valence-corrected chi connectivity index (χ4v) is 4.78. The number of nitrogens with one attached hydrogen (secondary N) is 2. The molecular formula is C21H21ClN6. The molecule has 0 radical (unpaired) electrons. The molecule has 3 aromatic rings. The number of rotatable bonds is 3. The topological polar surface area (TPSA) is 78.0 Å². The van der Waals surface area contributed by atoms with Crippen LogP contribution in [0, 0.1) is 11.3 Å². The van der Waals surface area contributed by atoms with E-state index in [0.717, 1.165) is 55.8 Å². The van der Waals surface area contributed by atoms with Gasteiger partial charge in [-0.15, -0.1) is 0 Å². The van der Waals surface area contributed by atoms with Gasteiger partial charge in [0.05, 0.1) is 23.5 Å². The summed E-state index contributed by atoms with van der Waals surface area (Å²) in [6, 6.07) is 9.81. The minimum absolute atomic E-state index is 0.154. The van der Waals surface area contributed by atoms with Crippen molar-refractivity contribution in [3.05, 3.63) is 57.9 Å². The van der Waals surface area contributed by atoms with E-state index in [2.05, 4.69) is 21.8 Å². The third-order valence-electron chi connectivity index (χ3n) is 6.16. The Morgan fingerprint density at radius 1 is 1.21 bits per heavy atom. The van der Waals surface area contributed by atoms with E-state index in [4.69, 9.17) is 21.8 Å². The van der Waals surface area contributed by atoms with Crippen LogP contribution < -0.4 is 10.6 Å². The summed E-state index contributed by atoms with van der Waals surface area (Å²) in [6.45, 7) is 2.73. The molecule has 2 aliphatic rings. The second kappa shape index (κ2) is 6.77. The van der Waals surface area contributed by atoms with Crippen molar-refractivity contribution in [3.63, 3.8) is 0 Å². The van der Waals surface area contributed by atoms with Crippen molar-refractivity contribution in [2.75, 3.05) is 18.4 Å². The predicted octanol–water partition coefficient (Wildman–Crippen LogP) is 3.43. The summed E-state index contributed by atoms with van der Waals surface area (Å²) < 4.78 is 1.84. The molecular weight excluding hydrogens is 372 g/mol. The maximum atomic E-state index is 8.98. The molecule has 3 heterocycles. The lowest BCUT2D eigenvalue weighted by Gasteiger charge is -2.34. The Hall–Kier alpha value is -2.62. The van der Waals surface area contributed by atoms with Gasteiger partial charge in [0.25, 0.3) is 0 Å². The van der Waals surface area contributed by atoms with Crippen LogP contribution in [-0.4, -0.2) is 27.7 Å². The third kappa shape index (κ3) is 2.74. The molecule has 6 nitrogen and oxygen atoms in total. The molecule has 2 aromatic heterocycles. The number of fused-ring (bicyclic) bond motifs is 3. The number of benzene rings is 1. The summed E-state index contributed by atoms with van der Waals surface area (Å²) in [4.78, 5) is 5.00. The van der Waals surface area contributed by atoms with Gasteiger partial charge < -0.3 is 10.6 Å². The van der Waals surface area contributed by atoms with Crippen molar-refractivity contribution in [2.45, 2.75) is 37.6 Å². The first-order valence-electron chi connectivity index (χ1n) is 9.70. The molecule has 2 N–H and O–H groups in total. The Balaban J connectivity index is 1.55. The molecule has 7 heteroatoms.